The molecule has 0 N–H and O–H groups in total. The molecule has 0 aliphatic carbocycles. The third kappa shape index (κ3) is 3.06. The lowest BCUT2D eigenvalue weighted by molar-refractivity contribution is 0.0650. The smallest absolute Gasteiger partial charge is 0.265 e. The quantitative estimate of drug-likeness (QED) is 0.808. The molecule has 0 bridgehead atoms. The number of ketones is 1. The highest BCUT2D eigenvalue weighted by atomic mass is 32.1. The fourth-order valence-electron chi connectivity index (χ4n) is 3.04. The predicted octanol–water partition coefficient (Wildman–Crippen LogP) is 2.23. The van der Waals surface area contributed by atoms with Crippen LogP contribution in [0.4, 0.5) is 0 Å². The number of aromatic nitrogens is 3. The number of nitrogens with zero attached hydrogens (tertiary/aromatic N) is 4. The van der Waals surface area contributed by atoms with Crippen molar-refractivity contribution in [3.63, 3.8) is 0 Å². The largest absolute Gasteiger partial charge is 0.338 e. The van der Waals surface area contributed by atoms with Gasteiger partial charge < -0.3 is 4.90 Å². The molecule has 0 spiro atoms. The summed E-state index contributed by atoms with van der Waals surface area (Å²) in [5, 5.41) is 4.96. The molecule has 1 aliphatic heterocycles. The zero-order valence-corrected chi connectivity index (χ0v) is 14.4. The lowest BCUT2D eigenvalue weighted by Gasteiger charge is -2.31. The highest BCUT2D eigenvalue weighted by Crippen LogP contribution is 2.25. The van der Waals surface area contributed by atoms with Crippen molar-refractivity contribution >= 4 is 23.0 Å². The molecule has 7 heteroatoms. The van der Waals surface area contributed by atoms with Gasteiger partial charge in [0.2, 0.25) is 0 Å². The number of likely N-dealkylation sites (tertiary alicyclic amines) is 1. The second kappa shape index (κ2) is 6.23. The number of hydrogen-bond acceptors (Lipinski definition) is 5. The van der Waals surface area contributed by atoms with Crippen LogP contribution in [-0.2, 0) is 7.05 Å². The summed E-state index contributed by atoms with van der Waals surface area (Å²) in [5.74, 6) is 0.139. The molecule has 0 saturated carbocycles. The van der Waals surface area contributed by atoms with Crippen LogP contribution in [-0.4, -0.2) is 44.4 Å². The number of thiazole rings is 1. The number of carbonyl (C=O) groups excluding carboxylic acids is 2. The summed E-state index contributed by atoms with van der Waals surface area (Å²) < 4.78 is 1.61. The first-order chi connectivity index (χ1) is 11.0. The van der Waals surface area contributed by atoms with Gasteiger partial charge in [0, 0.05) is 32.3 Å². The lowest BCUT2D eigenvalue weighted by atomic mass is 9.91. The summed E-state index contributed by atoms with van der Waals surface area (Å²) >= 11 is 1.44. The Morgan fingerprint density at radius 3 is 2.48 bits per heavy atom. The molecular weight excluding hydrogens is 312 g/mol. The number of piperidine rings is 1. The van der Waals surface area contributed by atoms with E-state index in [0.717, 1.165) is 15.6 Å². The van der Waals surface area contributed by atoms with E-state index < -0.39 is 0 Å². The van der Waals surface area contributed by atoms with Crippen LogP contribution in [0.3, 0.4) is 0 Å². The van der Waals surface area contributed by atoms with Gasteiger partial charge in [0.25, 0.3) is 5.91 Å². The number of amides is 1. The van der Waals surface area contributed by atoms with E-state index in [0.29, 0.717) is 31.6 Å². The second-order valence-electron chi connectivity index (χ2n) is 5.92. The first-order valence-electron chi connectivity index (χ1n) is 7.73. The van der Waals surface area contributed by atoms with Crippen molar-refractivity contribution in [3.8, 4) is 0 Å². The molecule has 1 saturated heterocycles. The number of rotatable bonds is 3. The Morgan fingerprint density at radius 1 is 1.26 bits per heavy atom. The summed E-state index contributed by atoms with van der Waals surface area (Å²) in [4.78, 5) is 32.0. The first-order valence-corrected chi connectivity index (χ1v) is 8.54. The molecule has 2 aromatic heterocycles. The first kappa shape index (κ1) is 15.9. The molecule has 2 aromatic rings. The van der Waals surface area contributed by atoms with Crippen LogP contribution in [0.2, 0.25) is 0 Å². The maximum absolute atomic E-state index is 12.6. The van der Waals surface area contributed by atoms with Gasteiger partial charge in [0.05, 0.1) is 10.7 Å². The maximum Gasteiger partial charge on any atom is 0.265 e. The number of aryl methyl sites for hydroxylation is 3. The molecule has 0 atom stereocenters. The molecule has 1 aliphatic rings. The average molecular weight is 332 g/mol. The van der Waals surface area contributed by atoms with Gasteiger partial charge in [-0.3, -0.25) is 14.3 Å². The fourth-order valence-corrected chi connectivity index (χ4v) is 3.93. The van der Waals surface area contributed by atoms with Crippen molar-refractivity contribution < 1.29 is 9.59 Å². The van der Waals surface area contributed by atoms with Crippen molar-refractivity contribution in [1.82, 2.24) is 19.7 Å². The third-order valence-corrected chi connectivity index (χ3v) is 5.38. The summed E-state index contributed by atoms with van der Waals surface area (Å²) in [5.41, 5.74) is 1.44. The van der Waals surface area contributed by atoms with E-state index in [2.05, 4.69) is 10.1 Å². The van der Waals surface area contributed by atoms with E-state index in [1.165, 1.54) is 11.3 Å². The Morgan fingerprint density at radius 2 is 1.96 bits per heavy atom. The minimum Gasteiger partial charge on any atom is -0.338 e. The normalized spacial score (nSPS) is 15.9. The van der Waals surface area contributed by atoms with Gasteiger partial charge >= 0.3 is 0 Å². The Bertz CT molecular complexity index is 741. The van der Waals surface area contributed by atoms with Crippen LogP contribution >= 0.6 is 11.3 Å². The van der Waals surface area contributed by atoms with Crippen LogP contribution in [0.25, 0.3) is 0 Å². The van der Waals surface area contributed by atoms with Gasteiger partial charge in [-0.25, -0.2) is 4.98 Å². The van der Waals surface area contributed by atoms with Crippen molar-refractivity contribution in [2.75, 3.05) is 13.1 Å². The SMILES string of the molecule is Cc1nc(C)c(C(=O)N2CCC(C(=O)c3ccnn3C)CC2)s1. The van der Waals surface area contributed by atoms with Crippen LogP contribution in [0, 0.1) is 19.8 Å². The van der Waals surface area contributed by atoms with Crippen molar-refractivity contribution in [2.24, 2.45) is 13.0 Å². The van der Waals surface area contributed by atoms with Crippen molar-refractivity contribution in [2.45, 2.75) is 26.7 Å². The minimum atomic E-state index is -0.0289. The van der Waals surface area contributed by atoms with E-state index in [1.807, 2.05) is 18.7 Å². The Balaban J connectivity index is 1.64. The Labute approximate surface area is 139 Å². The second-order valence-corrected chi connectivity index (χ2v) is 7.12. The molecule has 6 nitrogen and oxygen atoms in total. The molecule has 0 radical (unpaired) electrons. The number of carbonyl (C=O) groups is 2. The molecule has 23 heavy (non-hydrogen) atoms. The zero-order valence-electron chi connectivity index (χ0n) is 13.6. The van der Waals surface area contributed by atoms with E-state index >= 15 is 0 Å². The fraction of sp³-hybridized carbons (Fsp3) is 0.500. The highest BCUT2D eigenvalue weighted by Gasteiger charge is 2.30. The van der Waals surface area contributed by atoms with E-state index in [-0.39, 0.29) is 17.6 Å². The molecule has 0 unspecified atom stereocenters. The summed E-state index contributed by atoms with van der Waals surface area (Å²) in [6.07, 6.45) is 3.04. The van der Waals surface area contributed by atoms with Crippen LogP contribution in [0.15, 0.2) is 12.3 Å². The van der Waals surface area contributed by atoms with E-state index in [9.17, 15) is 9.59 Å². The van der Waals surface area contributed by atoms with Gasteiger partial charge in [-0.15, -0.1) is 11.3 Å². The van der Waals surface area contributed by atoms with Crippen LogP contribution in [0.1, 0.15) is 43.7 Å². The predicted molar refractivity (Wildman–Crippen MR) is 87.8 cm³/mol. The molecule has 122 valence electrons. The molecular formula is C16H20N4O2S. The minimum absolute atomic E-state index is 0.0289. The lowest BCUT2D eigenvalue weighted by Crippen LogP contribution is -2.40. The number of Topliss-reactive ketones (excluding diaryl/α,β-unsaturated/α-hetero) is 1. The molecule has 0 aromatic carbocycles. The topological polar surface area (TPSA) is 68.1 Å². The Hall–Kier alpha value is -2.02. The van der Waals surface area contributed by atoms with Crippen molar-refractivity contribution in [3.05, 3.63) is 33.5 Å². The van der Waals surface area contributed by atoms with Crippen LogP contribution < -0.4 is 0 Å². The van der Waals surface area contributed by atoms with E-state index in [4.69, 9.17) is 0 Å². The summed E-state index contributed by atoms with van der Waals surface area (Å²) in [6.45, 7) is 5.01. The van der Waals surface area contributed by atoms with Gasteiger partial charge in [0.15, 0.2) is 5.78 Å². The Kier molecular flexibility index (Phi) is 4.30. The molecule has 3 heterocycles. The van der Waals surface area contributed by atoms with Gasteiger partial charge in [-0.05, 0) is 32.8 Å². The summed E-state index contributed by atoms with van der Waals surface area (Å²) in [6, 6.07) is 1.75. The highest BCUT2D eigenvalue weighted by molar-refractivity contribution is 7.13. The maximum atomic E-state index is 12.6. The van der Waals surface area contributed by atoms with Crippen molar-refractivity contribution in [1.29, 1.82) is 0 Å². The van der Waals surface area contributed by atoms with Gasteiger partial charge in [0.1, 0.15) is 10.6 Å². The summed E-state index contributed by atoms with van der Waals surface area (Å²) in [7, 11) is 1.78. The third-order valence-electron chi connectivity index (χ3n) is 4.32. The molecule has 3 rings (SSSR count). The van der Waals surface area contributed by atoms with Crippen LogP contribution in [0.5, 0.6) is 0 Å². The van der Waals surface area contributed by atoms with Gasteiger partial charge in [-0.2, -0.15) is 5.10 Å². The van der Waals surface area contributed by atoms with Gasteiger partial charge in [-0.1, -0.05) is 0 Å². The van der Waals surface area contributed by atoms with E-state index in [1.54, 1.807) is 24.0 Å². The molecule has 1 amide bonds. The average Bonchev–Trinajstić information content (AvgIpc) is 3.11. The number of hydrogen-bond donors (Lipinski definition) is 0. The zero-order chi connectivity index (χ0) is 16.6. The monoisotopic (exact) mass is 332 g/mol. The molecule has 1 fully saturated rings. The standard InChI is InChI=1S/C16H20N4O2S/c1-10-15(23-11(2)18-10)16(22)20-8-5-12(6-9-20)14(21)13-4-7-17-19(13)3/h4,7,12H,5-6,8-9H2,1-3H3.